The van der Waals surface area contributed by atoms with Gasteiger partial charge in [-0.3, -0.25) is 4.79 Å². The summed E-state index contributed by atoms with van der Waals surface area (Å²) in [5, 5.41) is 5.75. The third-order valence-electron chi connectivity index (χ3n) is 2.55. The molecule has 0 saturated heterocycles. The summed E-state index contributed by atoms with van der Waals surface area (Å²) in [4.78, 5) is 11.9. The van der Waals surface area contributed by atoms with Gasteiger partial charge in [-0.05, 0) is 38.2 Å². The maximum atomic E-state index is 11.9. The predicted molar refractivity (Wildman–Crippen MR) is 70.6 cm³/mol. The van der Waals surface area contributed by atoms with Crippen molar-refractivity contribution >= 4 is 11.6 Å². The summed E-state index contributed by atoms with van der Waals surface area (Å²) in [6, 6.07) is 11.1. The zero-order chi connectivity index (χ0) is 13.0. The number of nitrogens with one attached hydrogen (secondary N) is 2. The number of hydrogen-bond acceptors (Lipinski definition) is 3. The van der Waals surface area contributed by atoms with Crippen molar-refractivity contribution in [1.29, 1.82) is 0 Å². The Balaban J connectivity index is 2.04. The molecule has 0 aliphatic carbocycles. The number of carbonyl (C=O) groups is 1. The van der Waals surface area contributed by atoms with Gasteiger partial charge < -0.3 is 15.1 Å². The Hall–Kier alpha value is -2.07. The number of aryl methyl sites for hydroxylation is 1. The first-order chi connectivity index (χ1) is 8.69. The van der Waals surface area contributed by atoms with E-state index in [4.69, 9.17) is 4.42 Å². The lowest BCUT2D eigenvalue weighted by atomic mass is 10.2. The van der Waals surface area contributed by atoms with Crippen LogP contribution in [0.4, 0.5) is 5.69 Å². The summed E-state index contributed by atoms with van der Waals surface area (Å²) >= 11 is 0. The molecule has 18 heavy (non-hydrogen) atoms. The van der Waals surface area contributed by atoms with Crippen molar-refractivity contribution in [2.24, 2.45) is 0 Å². The molecule has 0 fully saturated rings. The Labute approximate surface area is 106 Å². The van der Waals surface area contributed by atoms with Gasteiger partial charge in [-0.1, -0.05) is 17.7 Å². The molecule has 2 aromatic rings. The highest BCUT2D eigenvalue weighted by Gasteiger charge is 2.10. The fourth-order valence-electron chi connectivity index (χ4n) is 1.60. The summed E-state index contributed by atoms with van der Waals surface area (Å²) in [5.74, 6) is 0.827. The zero-order valence-corrected chi connectivity index (χ0v) is 10.5. The van der Waals surface area contributed by atoms with Crippen molar-refractivity contribution in [3.63, 3.8) is 0 Å². The smallest absolute Gasteiger partial charge is 0.291 e. The maximum absolute atomic E-state index is 11.9. The van der Waals surface area contributed by atoms with Gasteiger partial charge in [0.2, 0.25) is 0 Å². The third-order valence-corrected chi connectivity index (χ3v) is 2.55. The molecule has 94 valence electrons. The number of carbonyl (C=O) groups excluding carboxylic acids is 1. The second-order valence-electron chi connectivity index (χ2n) is 4.12. The third kappa shape index (κ3) is 2.99. The minimum Gasteiger partial charge on any atom is -0.455 e. The van der Waals surface area contributed by atoms with E-state index in [1.807, 2.05) is 38.2 Å². The molecule has 1 heterocycles. The molecule has 2 N–H and O–H groups in total. The van der Waals surface area contributed by atoms with E-state index in [0.29, 0.717) is 12.3 Å². The van der Waals surface area contributed by atoms with Crippen LogP contribution in [0, 0.1) is 6.92 Å². The van der Waals surface area contributed by atoms with Crippen LogP contribution in [0.2, 0.25) is 0 Å². The first-order valence-electron chi connectivity index (χ1n) is 5.80. The normalized spacial score (nSPS) is 10.3. The van der Waals surface area contributed by atoms with Gasteiger partial charge in [0.25, 0.3) is 5.91 Å². The Morgan fingerprint density at radius 3 is 2.56 bits per heavy atom. The Morgan fingerprint density at radius 1 is 1.17 bits per heavy atom. The topological polar surface area (TPSA) is 54.3 Å². The number of furan rings is 1. The zero-order valence-electron chi connectivity index (χ0n) is 10.5. The van der Waals surface area contributed by atoms with Crippen molar-refractivity contribution in [2.45, 2.75) is 13.5 Å². The number of amides is 1. The molecule has 1 aromatic carbocycles. The van der Waals surface area contributed by atoms with Crippen molar-refractivity contribution < 1.29 is 9.21 Å². The van der Waals surface area contributed by atoms with Crippen molar-refractivity contribution in [3.8, 4) is 0 Å². The molecule has 0 bridgehead atoms. The highest BCUT2D eigenvalue weighted by Crippen LogP contribution is 2.13. The first-order valence-corrected chi connectivity index (χ1v) is 5.80. The summed E-state index contributed by atoms with van der Waals surface area (Å²) in [6.07, 6.45) is 0. The monoisotopic (exact) mass is 244 g/mol. The SMILES string of the molecule is CNCc1ccc(C(=O)Nc2ccc(C)cc2)o1. The van der Waals surface area contributed by atoms with Gasteiger partial charge in [-0.25, -0.2) is 0 Å². The fourth-order valence-corrected chi connectivity index (χ4v) is 1.60. The molecule has 0 spiro atoms. The van der Waals surface area contributed by atoms with E-state index in [9.17, 15) is 4.79 Å². The number of benzene rings is 1. The van der Waals surface area contributed by atoms with E-state index in [2.05, 4.69) is 10.6 Å². The van der Waals surface area contributed by atoms with Crippen LogP contribution in [0.3, 0.4) is 0 Å². The number of anilines is 1. The average Bonchev–Trinajstić information content (AvgIpc) is 2.81. The summed E-state index contributed by atoms with van der Waals surface area (Å²) in [5.41, 5.74) is 1.92. The summed E-state index contributed by atoms with van der Waals surface area (Å²) in [6.45, 7) is 2.61. The molecule has 4 nitrogen and oxygen atoms in total. The minimum atomic E-state index is -0.235. The summed E-state index contributed by atoms with van der Waals surface area (Å²) < 4.78 is 5.41. The lowest BCUT2D eigenvalue weighted by Crippen LogP contribution is -2.11. The highest BCUT2D eigenvalue weighted by atomic mass is 16.4. The van der Waals surface area contributed by atoms with E-state index in [0.717, 1.165) is 17.0 Å². The van der Waals surface area contributed by atoms with Gasteiger partial charge in [0, 0.05) is 5.69 Å². The second-order valence-corrected chi connectivity index (χ2v) is 4.12. The maximum Gasteiger partial charge on any atom is 0.291 e. The lowest BCUT2D eigenvalue weighted by molar-refractivity contribution is 0.0995. The van der Waals surface area contributed by atoms with Crippen molar-refractivity contribution in [2.75, 3.05) is 12.4 Å². The molecule has 0 atom stereocenters. The van der Waals surface area contributed by atoms with Gasteiger partial charge in [-0.15, -0.1) is 0 Å². The molecule has 0 aliphatic heterocycles. The van der Waals surface area contributed by atoms with Crippen LogP contribution in [-0.2, 0) is 6.54 Å². The molecule has 0 saturated carbocycles. The van der Waals surface area contributed by atoms with E-state index in [1.54, 1.807) is 12.1 Å². The van der Waals surface area contributed by atoms with Gasteiger partial charge >= 0.3 is 0 Å². The molecule has 1 amide bonds. The lowest BCUT2D eigenvalue weighted by Gasteiger charge is -2.03. The van der Waals surface area contributed by atoms with Gasteiger partial charge in [0.1, 0.15) is 5.76 Å². The average molecular weight is 244 g/mol. The largest absolute Gasteiger partial charge is 0.455 e. The molecular weight excluding hydrogens is 228 g/mol. The van der Waals surface area contributed by atoms with Crippen molar-refractivity contribution in [1.82, 2.24) is 5.32 Å². The van der Waals surface area contributed by atoms with Crippen LogP contribution in [0.5, 0.6) is 0 Å². The van der Waals surface area contributed by atoms with Gasteiger partial charge in [0.15, 0.2) is 5.76 Å². The molecular formula is C14H16N2O2. The molecule has 0 radical (unpaired) electrons. The van der Waals surface area contributed by atoms with Crippen LogP contribution in [0.25, 0.3) is 0 Å². The van der Waals surface area contributed by atoms with Crippen LogP contribution >= 0.6 is 0 Å². The number of hydrogen-bond donors (Lipinski definition) is 2. The predicted octanol–water partition coefficient (Wildman–Crippen LogP) is 2.56. The molecule has 1 aromatic heterocycles. The van der Waals surface area contributed by atoms with Crippen molar-refractivity contribution in [3.05, 3.63) is 53.5 Å². The Morgan fingerprint density at radius 2 is 1.89 bits per heavy atom. The standard InChI is InChI=1S/C14H16N2O2/c1-10-3-5-11(6-4-10)16-14(17)13-8-7-12(18-13)9-15-2/h3-8,15H,9H2,1-2H3,(H,16,17). The van der Waals surface area contributed by atoms with E-state index in [1.165, 1.54) is 0 Å². The highest BCUT2D eigenvalue weighted by molar-refractivity contribution is 6.02. The molecule has 0 unspecified atom stereocenters. The summed E-state index contributed by atoms with van der Waals surface area (Å²) in [7, 11) is 1.83. The van der Waals surface area contributed by atoms with Gasteiger partial charge in [0.05, 0.1) is 6.54 Å². The first kappa shape index (κ1) is 12.4. The van der Waals surface area contributed by atoms with Crippen LogP contribution in [0.1, 0.15) is 21.9 Å². The fraction of sp³-hybridized carbons (Fsp3) is 0.214. The van der Waals surface area contributed by atoms with Crippen LogP contribution in [-0.4, -0.2) is 13.0 Å². The van der Waals surface area contributed by atoms with Crippen LogP contribution < -0.4 is 10.6 Å². The van der Waals surface area contributed by atoms with E-state index >= 15 is 0 Å². The van der Waals surface area contributed by atoms with E-state index < -0.39 is 0 Å². The second kappa shape index (κ2) is 5.51. The molecule has 0 aliphatic rings. The minimum absolute atomic E-state index is 0.235. The molecule has 2 rings (SSSR count). The molecule has 4 heteroatoms. The Kier molecular flexibility index (Phi) is 3.79. The Bertz CT molecular complexity index is 529. The van der Waals surface area contributed by atoms with Crippen LogP contribution in [0.15, 0.2) is 40.8 Å². The quantitative estimate of drug-likeness (QED) is 0.869. The van der Waals surface area contributed by atoms with Gasteiger partial charge in [-0.2, -0.15) is 0 Å². The number of rotatable bonds is 4. The van der Waals surface area contributed by atoms with E-state index in [-0.39, 0.29) is 5.91 Å².